The van der Waals surface area contributed by atoms with Crippen LogP contribution in [-0.2, 0) is 34.1 Å². The van der Waals surface area contributed by atoms with E-state index in [9.17, 15) is 18.5 Å². The predicted octanol–water partition coefficient (Wildman–Crippen LogP) is 2.63. The molecule has 0 bridgehead atoms. The maximum Gasteiger partial charge on any atom is 0.263 e. The number of benzene rings is 2. The van der Waals surface area contributed by atoms with Gasteiger partial charge in [-0.25, -0.2) is 13.6 Å². The lowest BCUT2D eigenvalue weighted by Gasteiger charge is -2.20. The Morgan fingerprint density at radius 2 is 1.84 bits per heavy atom. The van der Waals surface area contributed by atoms with Crippen molar-refractivity contribution in [3.63, 3.8) is 0 Å². The molecular formula is C24H28N4O3S. The quantitative estimate of drug-likeness (QED) is 0.323. The Hall–Kier alpha value is -3.15. The summed E-state index contributed by atoms with van der Waals surface area (Å²) in [5, 5.41) is 20.3. The van der Waals surface area contributed by atoms with Gasteiger partial charge in [-0.1, -0.05) is 30.3 Å². The van der Waals surface area contributed by atoms with Gasteiger partial charge in [0.05, 0.1) is 10.9 Å². The molecule has 168 valence electrons. The number of rotatable bonds is 8. The van der Waals surface area contributed by atoms with Crippen molar-refractivity contribution in [1.82, 2.24) is 10.6 Å². The van der Waals surface area contributed by atoms with Crippen LogP contribution in [0.3, 0.4) is 0 Å². The van der Waals surface area contributed by atoms with E-state index in [2.05, 4.69) is 22.8 Å². The Morgan fingerprint density at radius 1 is 1.16 bits per heavy atom. The lowest BCUT2D eigenvalue weighted by molar-refractivity contribution is -0.117. The summed E-state index contributed by atoms with van der Waals surface area (Å²) >= 11 is 0. The summed E-state index contributed by atoms with van der Waals surface area (Å²) in [6.07, 6.45) is 6.60. The Labute approximate surface area is 189 Å². The summed E-state index contributed by atoms with van der Waals surface area (Å²) in [4.78, 5) is 12.6. The van der Waals surface area contributed by atoms with Gasteiger partial charge in [-0.3, -0.25) is 4.79 Å². The molecule has 0 fully saturated rings. The largest absolute Gasteiger partial charge is 0.389 e. The van der Waals surface area contributed by atoms with E-state index in [4.69, 9.17) is 5.14 Å². The summed E-state index contributed by atoms with van der Waals surface area (Å²) in [5.41, 5.74) is 4.68. The minimum absolute atomic E-state index is 0.000571. The first-order chi connectivity index (χ1) is 15.3. The molecule has 1 atom stereocenters. The van der Waals surface area contributed by atoms with Gasteiger partial charge >= 0.3 is 0 Å². The summed E-state index contributed by atoms with van der Waals surface area (Å²) in [6.45, 7) is 2.39. The smallest absolute Gasteiger partial charge is 0.263 e. The van der Waals surface area contributed by atoms with Crippen LogP contribution in [0.4, 0.5) is 0 Å². The zero-order valence-corrected chi connectivity index (χ0v) is 18.9. The minimum atomic E-state index is -3.71. The molecule has 3 rings (SSSR count). The number of sulfonamides is 1. The number of primary sulfonamides is 1. The topological polar surface area (TPSA) is 125 Å². The molecule has 0 saturated heterocycles. The minimum Gasteiger partial charge on any atom is -0.389 e. The van der Waals surface area contributed by atoms with E-state index in [-0.39, 0.29) is 16.5 Å². The first kappa shape index (κ1) is 23.5. The molecule has 1 unspecified atom stereocenters. The van der Waals surface area contributed by atoms with Crippen LogP contribution >= 0.6 is 0 Å². The Balaban J connectivity index is 1.53. The molecule has 0 heterocycles. The lowest BCUT2D eigenvalue weighted by Crippen LogP contribution is -2.29. The fourth-order valence-electron chi connectivity index (χ4n) is 3.77. The number of carbonyl (C=O) groups excluding carboxylic acids is 1. The van der Waals surface area contributed by atoms with Gasteiger partial charge in [-0.2, -0.15) is 5.26 Å². The van der Waals surface area contributed by atoms with Crippen LogP contribution in [-0.4, -0.2) is 20.9 Å². The maximum absolute atomic E-state index is 12.5. The van der Waals surface area contributed by atoms with Crippen LogP contribution < -0.4 is 15.8 Å². The van der Waals surface area contributed by atoms with Crippen molar-refractivity contribution in [2.75, 3.05) is 6.54 Å². The highest BCUT2D eigenvalue weighted by Gasteiger charge is 2.16. The molecule has 0 aromatic heterocycles. The molecule has 1 amide bonds. The van der Waals surface area contributed by atoms with Crippen LogP contribution in [0.1, 0.15) is 48.1 Å². The molecule has 1 aliphatic carbocycles. The highest BCUT2D eigenvalue weighted by atomic mass is 32.2. The second kappa shape index (κ2) is 10.4. The fourth-order valence-corrected chi connectivity index (χ4v) is 4.28. The Bertz CT molecular complexity index is 1150. The van der Waals surface area contributed by atoms with Crippen molar-refractivity contribution in [2.45, 2.75) is 50.0 Å². The number of aryl methyl sites for hydroxylation is 2. The highest BCUT2D eigenvalue weighted by Crippen LogP contribution is 2.24. The van der Waals surface area contributed by atoms with Crippen molar-refractivity contribution in [1.29, 1.82) is 5.26 Å². The van der Waals surface area contributed by atoms with Crippen LogP contribution in [0.2, 0.25) is 0 Å². The number of nitrogens with two attached hydrogens (primary N) is 1. The van der Waals surface area contributed by atoms with E-state index in [0.29, 0.717) is 13.0 Å². The summed E-state index contributed by atoms with van der Waals surface area (Å²) in [5.74, 6) is -0.428. The van der Waals surface area contributed by atoms with Crippen LogP contribution in [0.25, 0.3) is 0 Å². The molecule has 8 heteroatoms. The molecule has 0 radical (unpaired) electrons. The normalized spacial score (nSPS) is 14.7. The highest BCUT2D eigenvalue weighted by molar-refractivity contribution is 7.89. The maximum atomic E-state index is 12.5. The summed E-state index contributed by atoms with van der Waals surface area (Å²) < 4.78 is 22.6. The van der Waals surface area contributed by atoms with Gasteiger partial charge in [0, 0.05) is 12.7 Å². The monoisotopic (exact) mass is 452 g/mol. The van der Waals surface area contributed by atoms with Gasteiger partial charge in [0.15, 0.2) is 0 Å². The Morgan fingerprint density at radius 3 is 2.50 bits per heavy atom. The molecule has 1 aliphatic rings. The molecule has 32 heavy (non-hydrogen) atoms. The fraction of sp³-hybridized carbons (Fsp3) is 0.333. The number of nitrogens with zero attached hydrogens (tertiary/aromatic N) is 1. The predicted molar refractivity (Wildman–Crippen MR) is 123 cm³/mol. The molecule has 4 N–H and O–H groups in total. The van der Waals surface area contributed by atoms with Gasteiger partial charge in [-0.05, 0) is 73.4 Å². The van der Waals surface area contributed by atoms with E-state index in [1.165, 1.54) is 42.3 Å². The Kier molecular flexibility index (Phi) is 7.67. The van der Waals surface area contributed by atoms with Gasteiger partial charge < -0.3 is 10.6 Å². The van der Waals surface area contributed by atoms with E-state index in [1.807, 2.05) is 19.1 Å². The third kappa shape index (κ3) is 6.19. The SMILES string of the molecule is CC(NC(=O)/C(C#N)=C\NCCc1ccc(S(N)(=O)=O)cc1)c1ccc2c(c1)CCCC2. The summed E-state index contributed by atoms with van der Waals surface area (Å²) in [7, 11) is -3.71. The van der Waals surface area contributed by atoms with Crippen LogP contribution in [0.5, 0.6) is 0 Å². The zero-order chi connectivity index (χ0) is 23.1. The van der Waals surface area contributed by atoms with Gasteiger partial charge in [0.2, 0.25) is 10.0 Å². The second-order valence-electron chi connectivity index (χ2n) is 7.99. The van der Waals surface area contributed by atoms with Crippen LogP contribution in [0, 0.1) is 11.3 Å². The number of nitrogens with one attached hydrogen (secondary N) is 2. The van der Waals surface area contributed by atoms with Crippen molar-refractivity contribution >= 4 is 15.9 Å². The molecule has 2 aromatic rings. The first-order valence-electron chi connectivity index (χ1n) is 10.7. The van der Waals surface area contributed by atoms with Crippen molar-refractivity contribution in [3.05, 3.63) is 76.5 Å². The molecule has 0 spiro atoms. The van der Waals surface area contributed by atoms with Gasteiger partial charge in [-0.15, -0.1) is 0 Å². The number of fused-ring (bicyclic) bond motifs is 1. The third-order valence-corrected chi connectivity index (χ3v) is 6.57. The average molecular weight is 453 g/mol. The van der Waals surface area contributed by atoms with E-state index in [1.54, 1.807) is 12.1 Å². The number of amides is 1. The van der Waals surface area contributed by atoms with E-state index >= 15 is 0 Å². The molecular weight excluding hydrogens is 424 g/mol. The summed E-state index contributed by atoms with van der Waals surface area (Å²) in [6, 6.07) is 14.4. The van der Waals surface area contributed by atoms with E-state index in [0.717, 1.165) is 24.0 Å². The van der Waals surface area contributed by atoms with Gasteiger partial charge in [0.1, 0.15) is 11.6 Å². The first-order valence-corrected chi connectivity index (χ1v) is 12.2. The van der Waals surface area contributed by atoms with Crippen molar-refractivity contribution in [2.24, 2.45) is 5.14 Å². The van der Waals surface area contributed by atoms with Gasteiger partial charge in [0.25, 0.3) is 5.91 Å². The number of nitriles is 1. The third-order valence-electron chi connectivity index (χ3n) is 5.64. The number of carbonyl (C=O) groups is 1. The number of hydrogen-bond donors (Lipinski definition) is 3. The molecule has 0 aliphatic heterocycles. The molecule has 7 nitrogen and oxygen atoms in total. The van der Waals surface area contributed by atoms with Crippen molar-refractivity contribution in [3.8, 4) is 6.07 Å². The molecule has 2 aromatic carbocycles. The zero-order valence-electron chi connectivity index (χ0n) is 18.1. The van der Waals surface area contributed by atoms with Crippen LogP contribution in [0.15, 0.2) is 59.1 Å². The second-order valence-corrected chi connectivity index (χ2v) is 9.55. The molecule has 0 saturated carbocycles. The standard InChI is InChI=1S/C24H28N4O3S/c1-17(20-9-8-19-4-2-3-5-21(19)14-20)28-24(29)22(15-25)16-27-13-12-18-6-10-23(11-7-18)32(26,30)31/h6-11,14,16-17,27H,2-5,12-13H2,1H3,(H,28,29)(H2,26,30,31)/b22-16-. The average Bonchev–Trinajstić information content (AvgIpc) is 2.78. The number of hydrogen-bond acceptors (Lipinski definition) is 5. The lowest BCUT2D eigenvalue weighted by atomic mass is 9.89. The van der Waals surface area contributed by atoms with E-state index < -0.39 is 15.9 Å². The van der Waals surface area contributed by atoms with Crippen molar-refractivity contribution < 1.29 is 13.2 Å².